The Bertz CT molecular complexity index is 334. The highest BCUT2D eigenvalue weighted by atomic mass is 16.7. The van der Waals surface area contributed by atoms with Gasteiger partial charge in [-0.05, 0) is 43.4 Å². The molecule has 0 aromatic heterocycles. The molecule has 1 aromatic carbocycles. The molecule has 1 saturated carbocycles. The maximum atomic E-state index is 5.80. The Hall–Kier alpha value is -1.06. The summed E-state index contributed by atoms with van der Waals surface area (Å²) in [5.74, 6) is 1.60. The summed E-state index contributed by atoms with van der Waals surface area (Å²) < 4.78 is 10.9. The molecular formula is C13H19NO2. The molecule has 16 heavy (non-hydrogen) atoms. The van der Waals surface area contributed by atoms with Gasteiger partial charge in [0, 0.05) is 6.04 Å². The third kappa shape index (κ3) is 3.51. The quantitative estimate of drug-likeness (QED) is 0.593. The van der Waals surface area contributed by atoms with Gasteiger partial charge >= 0.3 is 0 Å². The molecular weight excluding hydrogens is 202 g/mol. The minimum absolute atomic E-state index is 0.0379. The van der Waals surface area contributed by atoms with Gasteiger partial charge in [0.1, 0.15) is 5.75 Å². The highest BCUT2D eigenvalue weighted by molar-refractivity contribution is 5.29. The van der Waals surface area contributed by atoms with E-state index in [0.29, 0.717) is 6.79 Å². The van der Waals surface area contributed by atoms with Crippen molar-refractivity contribution in [2.24, 2.45) is 11.7 Å². The lowest BCUT2D eigenvalue weighted by atomic mass is 10.1. The Morgan fingerprint density at radius 1 is 1.44 bits per heavy atom. The second-order valence-electron chi connectivity index (χ2n) is 4.44. The molecule has 0 saturated heterocycles. The molecule has 3 heteroatoms. The van der Waals surface area contributed by atoms with E-state index in [1.165, 1.54) is 12.8 Å². The van der Waals surface area contributed by atoms with Crippen molar-refractivity contribution in [3.8, 4) is 5.75 Å². The molecule has 0 heterocycles. The molecule has 1 fully saturated rings. The van der Waals surface area contributed by atoms with Gasteiger partial charge in [-0.3, -0.25) is 0 Å². The van der Waals surface area contributed by atoms with Crippen LogP contribution in [0, 0.1) is 5.92 Å². The van der Waals surface area contributed by atoms with Gasteiger partial charge in [-0.2, -0.15) is 0 Å². The Balaban J connectivity index is 1.76. The molecule has 3 nitrogen and oxygen atoms in total. The van der Waals surface area contributed by atoms with Crippen LogP contribution in [0.15, 0.2) is 24.3 Å². The van der Waals surface area contributed by atoms with Crippen LogP contribution >= 0.6 is 0 Å². The van der Waals surface area contributed by atoms with Crippen LogP contribution in [-0.4, -0.2) is 13.4 Å². The zero-order valence-corrected chi connectivity index (χ0v) is 9.69. The van der Waals surface area contributed by atoms with E-state index >= 15 is 0 Å². The molecule has 0 spiro atoms. The zero-order valence-electron chi connectivity index (χ0n) is 9.69. The zero-order chi connectivity index (χ0) is 11.4. The van der Waals surface area contributed by atoms with Crippen molar-refractivity contribution in [2.75, 3.05) is 13.4 Å². The van der Waals surface area contributed by atoms with E-state index < -0.39 is 0 Å². The van der Waals surface area contributed by atoms with E-state index in [9.17, 15) is 0 Å². The van der Waals surface area contributed by atoms with Crippen LogP contribution in [-0.2, 0) is 4.74 Å². The first-order chi connectivity index (χ1) is 7.75. The Morgan fingerprint density at radius 2 is 2.25 bits per heavy atom. The molecule has 0 aliphatic heterocycles. The third-order valence-electron chi connectivity index (χ3n) is 2.74. The first kappa shape index (κ1) is 11.4. The SMILES string of the molecule is CC(N)c1cccc(OCOCC2CC2)c1. The average molecular weight is 221 g/mol. The van der Waals surface area contributed by atoms with Gasteiger partial charge in [-0.15, -0.1) is 0 Å². The van der Waals surface area contributed by atoms with Crippen LogP contribution in [0.5, 0.6) is 5.75 Å². The van der Waals surface area contributed by atoms with E-state index in [0.717, 1.165) is 23.8 Å². The van der Waals surface area contributed by atoms with E-state index in [1.54, 1.807) is 0 Å². The molecule has 1 atom stereocenters. The number of hydrogen-bond donors (Lipinski definition) is 1. The first-order valence-electron chi connectivity index (χ1n) is 5.82. The standard InChI is InChI=1S/C13H19NO2/c1-10(14)12-3-2-4-13(7-12)16-9-15-8-11-5-6-11/h2-4,7,10-11H,5-6,8-9,14H2,1H3. The lowest BCUT2D eigenvalue weighted by molar-refractivity contribution is 0.00993. The summed E-state index contributed by atoms with van der Waals surface area (Å²) in [6, 6.07) is 7.88. The van der Waals surface area contributed by atoms with Crippen molar-refractivity contribution in [3.05, 3.63) is 29.8 Å². The predicted molar refractivity (Wildman–Crippen MR) is 63.2 cm³/mol. The molecule has 0 amide bonds. The summed E-state index contributed by atoms with van der Waals surface area (Å²) >= 11 is 0. The fourth-order valence-corrected chi connectivity index (χ4v) is 1.50. The number of hydrogen-bond acceptors (Lipinski definition) is 3. The molecule has 2 N–H and O–H groups in total. The van der Waals surface area contributed by atoms with Gasteiger partial charge in [-0.25, -0.2) is 0 Å². The second kappa shape index (κ2) is 5.32. The maximum Gasteiger partial charge on any atom is 0.189 e. The van der Waals surface area contributed by atoms with Crippen LogP contribution in [0.2, 0.25) is 0 Å². The number of benzene rings is 1. The molecule has 1 aliphatic rings. The van der Waals surface area contributed by atoms with Gasteiger partial charge in [0.15, 0.2) is 6.79 Å². The number of rotatable bonds is 6. The van der Waals surface area contributed by atoms with Crippen molar-refractivity contribution in [1.82, 2.24) is 0 Å². The molecule has 1 aliphatic carbocycles. The minimum atomic E-state index is 0.0379. The maximum absolute atomic E-state index is 5.80. The second-order valence-corrected chi connectivity index (χ2v) is 4.44. The van der Waals surface area contributed by atoms with Gasteiger partial charge in [0.05, 0.1) is 6.61 Å². The van der Waals surface area contributed by atoms with Crippen molar-refractivity contribution < 1.29 is 9.47 Å². The van der Waals surface area contributed by atoms with Crippen LogP contribution in [0.3, 0.4) is 0 Å². The smallest absolute Gasteiger partial charge is 0.189 e. The van der Waals surface area contributed by atoms with Crippen molar-refractivity contribution in [1.29, 1.82) is 0 Å². The first-order valence-corrected chi connectivity index (χ1v) is 5.82. The monoisotopic (exact) mass is 221 g/mol. The fraction of sp³-hybridized carbons (Fsp3) is 0.538. The topological polar surface area (TPSA) is 44.5 Å². The van der Waals surface area contributed by atoms with Gasteiger partial charge in [0.25, 0.3) is 0 Å². The van der Waals surface area contributed by atoms with E-state index in [-0.39, 0.29) is 6.04 Å². The Kier molecular flexibility index (Phi) is 3.80. The van der Waals surface area contributed by atoms with Crippen LogP contribution in [0.1, 0.15) is 31.4 Å². The average Bonchev–Trinajstić information content (AvgIpc) is 3.09. The molecule has 1 unspecified atom stereocenters. The molecule has 2 rings (SSSR count). The van der Waals surface area contributed by atoms with E-state index in [2.05, 4.69) is 0 Å². The van der Waals surface area contributed by atoms with E-state index in [4.69, 9.17) is 15.2 Å². The fourth-order valence-electron chi connectivity index (χ4n) is 1.50. The van der Waals surface area contributed by atoms with Crippen molar-refractivity contribution in [3.63, 3.8) is 0 Å². The van der Waals surface area contributed by atoms with Crippen molar-refractivity contribution >= 4 is 0 Å². The predicted octanol–water partition coefficient (Wildman–Crippen LogP) is 2.47. The normalized spacial score (nSPS) is 17.1. The number of ether oxygens (including phenoxy) is 2. The summed E-state index contributed by atoms with van der Waals surface area (Å²) in [5.41, 5.74) is 6.88. The van der Waals surface area contributed by atoms with Crippen LogP contribution < -0.4 is 10.5 Å². The lowest BCUT2D eigenvalue weighted by Gasteiger charge is -2.10. The van der Waals surface area contributed by atoms with E-state index in [1.807, 2.05) is 31.2 Å². The summed E-state index contributed by atoms with van der Waals surface area (Å²) in [7, 11) is 0. The van der Waals surface area contributed by atoms with Gasteiger partial charge < -0.3 is 15.2 Å². The number of nitrogens with two attached hydrogens (primary N) is 1. The lowest BCUT2D eigenvalue weighted by Crippen LogP contribution is -2.07. The van der Waals surface area contributed by atoms with Crippen LogP contribution in [0.25, 0.3) is 0 Å². The van der Waals surface area contributed by atoms with Gasteiger partial charge in [-0.1, -0.05) is 12.1 Å². The summed E-state index contributed by atoms with van der Waals surface area (Å²) in [6.45, 7) is 3.12. The van der Waals surface area contributed by atoms with Gasteiger partial charge in [0.2, 0.25) is 0 Å². The molecule has 1 aromatic rings. The Labute approximate surface area is 96.5 Å². The van der Waals surface area contributed by atoms with Crippen molar-refractivity contribution in [2.45, 2.75) is 25.8 Å². The Morgan fingerprint density at radius 3 is 2.94 bits per heavy atom. The summed E-state index contributed by atoms with van der Waals surface area (Å²) in [5, 5.41) is 0. The summed E-state index contributed by atoms with van der Waals surface area (Å²) in [4.78, 5) is 0. The minimum Gasteiger partial charge on any atom is -0.468 e. The summed E-state index contributed by atoms with van der Waals surface area (Å²) in [6.07, 6.45) is 2.61. The molecule has 0 radical (unpaired) electrons. The molecule has 88 valence electrons. The third-order valence-corrected chi connectivity index (χ3v) is 2.74. The highest BCUT2D eigenvalue weighted by Crippen LogP contribution is 2.28. The van der Waals surface area contributed by atoms with Crippen LogP contribution in [0.4, 0.5) is 0 Å². The largest absolute Gasteiger partial charge is 0.468 e. The highest BCUT2D eigenvalue weighted by Gasteiger charge is 2.21. The molecule has 0 bridgehead atoms.